The van der Waals surface area contributed by atoms with E-state index in [2.05, 4.69) is 0 Å². The fourth-order valence-corrected chi connectivity index (χ4v) is 3.60. The van der Waals surface area contributed by atoms with Crippen LogP contribution in [0.25, 0.3) is 0 Å². The monoisotopic (exact) mass is 352 g/mol. The number of hydrogen-bond acceptors (Lipinski definition) is 6. The van der Waals surface area contributed by atoms with Gasteiger partial charge in [0.05, 0.1) is 0 Å². The predicted octanol–water partition coefficient (Wildman–Crippen LogP) is 2.90. The van der Waals surface area contributed by atoms with Gasteiger partial charge in [0.25, 0.3) is 0 Å². The molecule has 0 spiro atoms. The molecule has 2 heterocycles. The van der Waals surface area contributed by atoms with E-state index in [-0.39, 0.29) is 48.1 Å². The van der Waals surface area contributed by atoms with Gasteiger partial charge in [0.1, 0.15) is 23.8 Å². The number of ketones is 2. The smallest absolute Gasteiger partial charge is 0.306 e. The average Bonchev–Trinajstić information content (AvgIpc) is 2.59. The van der Waals surface area contributed by atoms with Crippen LogP contribution in [0.2, 0.25) is 0 Å². The molecule has 25 heavy (non-hydrogen) atoms. The van der Waals surface area contributed by atoms with E-state index in [0.717, 1.165) is 12.8 Å². The Kier molecular flexibility index (Phi) is 7.59. The molecular weight excluding hydrogens is 324 g/mol. The Morgan fingerprint density at radius 2 is 1.48 bits per heavy atom. The van der Waals surface area contributed by atoms with Crippen molar-refractivity contribution in [3.05, 3.63) is 0 Å². The molecular formula is C19H28O6. The van der Waals surface area contributed by atoms with E-state index in [9.17, 15) is 19.2 Å². The van der Waals surface area contributed by atoms with Gasteiger partial charge >= 0.3 is 11.9 Å². The summed E-state index contributed by atoms with van der Waals surface area (Å²) in [5.74, 6) is -0.569. The van der Waals surface area contributed by atoms with Crippen molar-refractivity contribution in [1.29, 1.82) is 0 Å². The number of hydrogen-bond donors (Lipinski definition) is 0. The molecule has 2 aliphatic heterocycles. The average molecular weight is 352 g/mol. The zero-order valence-electron chi connectivity index (χ0n) is 15.0. The molecule has 2 aliphatic rings. The molecule has 0 aromatic rings. The first-order valence-corrected chi connectivity index (χ1v) is 9.42. The first-order chi connectivity index (χ1) is 12.0. The predicted molar refractivity (Wildman–Crippen MR) is 89.7 cm³/mol. The van der Waals surface area contributed by atoms with Crippen molar-refractivity contribution in [2.45, 2.75) is 89.8 Å². The number of carbonyl (C=O) groups is 4. The van der Waals surface area contributed by atoms with Gasteiger partial charge in [0.15, 0.2) is 0 Å². The first-order valence-electron chi connectivity index (χ1n) is 9.42. The second-order valence-electron chi connectivity index (χ2n) is 6.99. The third-order valence-electron chi connectivity index (χ3n) is 5.03. The number of rotatable bonds is 9. The lowest BCUT2D eigenvalue weighted by Crippen LogP contribution is -2.42. The van der Waals surface area contributed by atoms with Gasteiger partial charge in [-0.2, -0.15) is 0 Å². The maximum atomic E-state index is 12.4. The van der Waals surface area contributed by atoms with E-state index in [4.69, 9.17) is 9.47 Å². The zero-order chi connectivity index (χ0) is 18.2. The number of Topliss-reactive ketones (excluding diaryl/α,β-unsaturated/α-hetero) is 2. The summed E-state index contributed by atoms with van der Waals surface area (Å²) < 4.78 is 10.9. The molecule has 0 amide bonds. The summed E-state index contributed by atoms with van der Waals surface area (Å²) in [4.78, 5) is 47.0. The van der Waals surface area contributed by atoms with Crippen LogP contribution in [0.15, 0.2) is 0 Å². The van der Waals surface area contributed by atoms with E-state index in [0.29, 0.717) is 51.4 Å². The van der Waals surface area contributed by atoms with Gasteiger partial charge in [0, 0.05) is 44.4 Å². The summed E-state index contributed by atoms with van der Waals surface area (Å²) in [6, 6.07) is 0. The lowest BCUT2D eigenvalue weighted by molar-refractivity contribution is -0.171. The summed E-state index contributed by atoms with van der Waals surface area (Å²) in [6.07, 6.45) is 4.99. The number of carbonyl (C=O) groups excluding carboxylic acids is 4. The van der Waals surface area contributed by atoms with Crippen molar-refractivity contribution in [3.8, 4) is 0 Å². The third kappa shape index (κ3) is 6.25. The Morgan fingerprint density at radius 3 is 1.96 bits per heavy atom. The normalized spacial score (nSPS) is 25.0. The molecule has 0 aliphatic carbocycles. The molecule has 0 aromatic carbocycles. The van der Waals surface area contributed by atoms with Crippen LogP contribution in [-0.2, 0) is 28.7 Å². The summed E-state index contributed by atoms with van der Waals surface area (Å²) in [7, 11) is 0. The first kappa shape index (κ1) is 19.6. The molecule has 0 radical (unpaired) electrons. The van der Waals surface area contributed by atoms with E-state index in [1.807, 2.05) is 6.92 Å². The molecule has 2 unspecified atom stereocenters. The summed E-state index contributed by atoms with van der Waals surface area (Å²) in [6.45, 7) is 1.81. The highest BCUT2D eigenvalue weighted by Gasteiger charge is 2.38. The number of ether oxygens (including phenoxy) is 2. The molecule has 2 atom stereocenters. The Balaban J connectivity index is 1.95. The SMILES string of the molecule is CCC(=O)CCCC(=O)CC(C1CCCC(=O)O1)C1CCCC(=O)O1. The highest BCUT2D eigenvalue weighted by molar-refractivity contribution is 5.81. The van der Waals surface area contributed by atoms with Crippen LogP contribution in [0.4, 0.5) is 0 Å². The van der Waals surface area contributed by atoms with E-state index in [1.165, 1.54) is 0 Å². The van der Waals surface area contributed by atoms with Gasteiger partial charge in [-0.3, -0.25) is 19.2 Å². The second-order valence-corrected chi connectivity index (χ2v) is 6.99. The maximum Gasteiger partial charge on any atom is 0.306 e. The quantitative estimate of drug-likeness (QED) is 0.593. The molecule has 6 nitrogen and oxygen atoms in total. The lowest BCUT2D eigenvalue weighted by Gasteiger charge is -2.36. The Hall–Kier alpha value is -1.72. The van der Waals surface area contributed by atoms with Crippen LogP contribution >= 0.6 is 0 Å². The molecule has 0 bridgehead atoms. The van der Waals surface area contributed by atoms with Gasteiger partial charge in [-0.15, -0.1) is 0 Å². The van der Waals surface area contributed by atoms with Crippen molar-refractivity contribution < 1.29 is 28.7 Å². The van der Waals surface area contributed by atoms with Crippen LogP contribution in [0, 0.1) is 5.92 Å². The molecule has 0 saturated carbocycles. The van der Waals surface area contributed by atoms with Gasteiger partial charge < -0.3 is 9.47 Å². The van der Waals surface area contributed by atoms with Crippen molar-refractivity contribution >= 4 is 23.5 Å². The molecule has 2 fully saturated rings. The zero-order valence-corrected chi connectivity index (χ0v) is 15.0. The highest BCUT2D eigenvalue weighted by Crippen LogP contribution is 2.32. The van der Waals surface area contributed by atoms with E-state index in [1.54, 1.807) is 0 Å². The van der Waals surface area contributed by atoms with Gasteiger partial charge in [0.2, 0.25) is 0 Å². The van der Waals surface area contributed by atoms with Crippen LogP contribution in [-0.4, -0.2) is 35.7 Å². The standard InChI is InChI=1S/C19H28O6/c1-2-13(20)6-3-7-14(21)12-15(16-8-4-10-18(22)24-16)17-9-5-11-19(23)25-17/h15-17H,2-12H2,1H3. The van der Waals surface area contributed by atoms with E-state index < -0.39 is 0 Å². The Morgan fingerprint density at radius 1 is 0.960 bits per heavy atom. The molecule has 0 N–H and O–H groups in total. The second kappa shape index (κ2) is 9.68. The molecule has 6 heteroatoms. The molecule has 140 valence electrons. The lowest BCUT2D eigenvalue weighted by atomic mass is 9.83. The van der Waals surface area contributed by atoms with Crippen molar-refractivity contribution in [2.24, 2.45) is 5.92 Å². The van der Waals surface area contributed by atoms with Crippen LogP contribution < -0.4 is 0 Å². The van der Waals surface area contributed by atoms with Crippen molar-refractivity contribution in [3.63, 3.8) is 0 Å². The third-order valence-corrected chi connectivity index (χ3v) is 5.03. The van der Waals surface area contributed by atoms with Gasteiger partial charge in [-0.25, -0.2) is 0 Å². The Bertz CT molecular complexity index is 484. The molecule has 0 aromatic heterocycles. The summed E-state index contributed by atoms with van der Waals surface area (Å²) in [5, 5.41) is 0. The topological polar surface area (TPSA) is 86.7 Å². The Labute approximate surface area is 148 Å². The van der Waals surface area contributed by atoms with Crippen LogP contribution in [0.5, 0.6) is 0 Å². The fourth-order valence-electron chi connectivity index (χ4n) is 3.60. The summed E-state index contributed by atoms with van der Waals surface area (Å²) in [5.41, 5.74) is 0. The van der Waals surface area contributed by atoms with Crippen LogP contribution in [0.1, 0.15) is 77.6 Å². The fraction of sp³-hybridized carbons (Fsp3) is 0.789. The summed E-state index contributed by atoms with van der Waals surface area (Å²) >= 11 is 0. The largest absolute Gasteiger partial charge is 0.462 e. The van der Waals surface area contributed by atoms with Crippen LogP contribution in [0.3, 0.4) is 0 Å². The molecule has 2 saturated heterocycles. The van der Waals surface area contributed by atoms with Gasteiger partial charge in [-0.1, -0.05) is 6.92 Å². The van der Waals surface area contributed by atoms with E-state index >= 15 is 0 Å². The van der Waals surface area contributed by atoms with Crippen molar-refractivity contribution in [2.75, 3.05) is 0 Å². The molecule has 2 rings (SSSR count). The van der Waals surface area contributed by atoms with Crippen molar-refractivity contribution in [1.82, 2.24) is 0 Å². The minimum atomic E-state index is -0.363. The minimum absolute atomic E-state index is 0.0390. The number of cyclic esters (lactones) is 2. The van der Waals surface area contributed by atoms with Gasteiger partial charge in [-0.05, 0) is 32.1 Å². The maximum absolute atomic E-state index is 12.4. The highest BCUT2D eigenvalue weighted by atomic mass is 16.6. The minimum Gasteiger partial charge on any atom is -0.462 e. The number of esters is 2.